The summed E-state index contributed by atoms with van der Waals surface area (Å²) in [4.78, 5) is 15.0. The van der Waals surface area contributed by atoms with Gasteiger partial charge in [-0.1, -0.05) is 18.2 Å². The number of carbonyl (C=O) groups is 1. The molecule has 1 aliphatic rings. The van der Waals surface area contributed by atoms with Crippen LogP contribution in [0.25, 0.3) is 5.57 Å². The first-order chi connectivity index (χ1) is 13.1. The average molecular weight is 411 g/mol. The normalized spacial score (nSPS) is 15.9. The predicted octanol–water partition coefficient (Wildman–Crippen LogP) is 2.68. The third kappa shape index (κ3) is 4.07. The van der Waals surface area contributed by atoms with Crippen molar-refractivity contribution < 1.29 is 26.4 Å². The lowest BCUT2D eigenvalue weighted by atomic mass is 10.1. The summed E-state index contributed by atoms with van der Waals surface area (Å²) in [5.41, 5.74) is 5.53. The molecule has 148 valence electrons. The van der Waals surface area contributed by atoms with Crippen LogP contribution in [-0.2, 0) is 16.2 Å². The number of sulfonamides is 1. The standard InChI is InChI=1S/C18H16F3N3O3S/c19-18(20,21)13-3-1-4-14(11-13)28(26,27)24-9-7-12(8-10-24)15-5-2-6-16(23-15)17(22)25/h1-7,11H,8-10H2,(H2,22,25). The summed E-state index contributed by atoms with van der Waals surface area (Å²) < 4.78 is 65.1. The van der Waals surface area contributed by atoms with Crippen LogP contribution in [0.5, 0.6) is 0 Å². The zero-order valence-electron chi connectivity index (χ0n) is 14.5. The van der Waals surface area contributed by atoms with Crippen molar-refractivity contribution in [2.45, 2.75) is 17.5 Å². The number of alkyl halides is 3. The molecule has 1 aliphatic heterocycles. The van der Waals surface area contributed by atoms with Crippen molar-refractivity contribution >= 4 is 21.5 Å². The molecule has 0 saturated heterocycles. The lowest BCUT2D eigenvalue weighted by Crippen LogP contribution is -2.35. The van der Waals surface area contributed by atoms with Gasteiger partial charge in [-0.3, -0.25) is 4.79 Å². The van der Waals surface area contributed by atoms with E-state index in [9.17, 15) is 26.4 Å². The molecule has 6 nitrogen and oxygen atoms in total. The lowest BCUT2D eigenvalue weighted by molar-refractivity contribution is -0.137. The van der Waals surface area contributed by atoms with Crippen LogP contribution in [0.2, 0.25) is 0 Å². The van der Waals surface area contributed by atoms with Crippen LogP contribution in [0, 0.1) is 0 Å². The fourth-order valence-corrected chi connectivity index (χ4v) is 4.26. The Morgan fingerprint density at radius 2 is 1.86 bits per heavy atom. The highest BCUT2D eigenvalue weighted by atomic mass is 32.2. The second-order valence-electron chi connectivity index (χ2n) is 6.14. The van der Waals surface area contributed by atoms with Gasteiger partial charge < -0.3 is 5.73 Å². The maximum absolute atomic E-state index is 12.9. The molecule has 2 aromatic rings. The molecule has 0 radical (unpaired) electrons. The molecule has 0 atom stereocenters. The van der Waals surface area contributed by atoms with Crippen molar-refractivity contribution in [3.8, 4) is 0 Å². The van der Waals surface area contributed by atoms with Crippen LogP contribution in [0.4, 0.5) is 13.2 Å². The van der Waals surface area contributed by atoms with Gasteiger partial charge in [-0.15, -0.1) is 0 Å². The predicted molar refractivity (Wildman–Crippen MR) is 95.6 cm³/mol. The number of nitrogens with two attached hydrogens (primary N) is 1. The van der Waals surface area contributed by atoms with Crippen molar-refractivity contribution in [2.75, 3.05) is 13.1 Å². The summed E-state index contributed by atoms with van der Waals surface area (Å²) in [5, 5.41) is 0. The van der Waals surface area contributed by atoms with E-state index in [0.717, 1.165) is 28.1 Å². The van der Waals surface area contributed by atoms with Crippen LogP contribution >= 0.6 is 0 Å². The number of halogens is 3. The van der Waals surface area contributed by atoms with Gasteiger partial charge in [0.25, 0.3) is 5.91 Å². The maximum Gasteiger partial charge on any atom is 0.416 e. The maximum atomic E-state index is 12.9. The second kappa shape index (κ2) is 7.36. The largest absolute Gasteiger partial charge is 0.416 e. The number of pyridine rings is 1. The minimum absolute atomic E-state index is 0.0175. The van der Waals surface area contributed by atoms with Crippen LogP contribution in [-0.4, -0.2) is 36.7 Å². The number of rotatable bonds is 4. The van der Waals surface area contributed by atoms with Crippen molar-refractivity contribution in [1.82, 2.24) is 9.29 Å². The number of aromatic nitrogens is 1. The Hall–Kier alpha value is -2.72. The van der Waals surface area contributed by atoms with Crippen molar-refractivity contribution in [3.05, 3.63) is 65.5 Å². The number of hydrogen-bond acceptors (Lipinski definition) is 4. The lowest BCUT2D eigenvalue weighted by Gasteiger charge is -2.26. The summed E-state index contributed by atoms with van der Waals surface area (Å²) in [6.07, 6.45) is -2.70. The molecule has 2 N–H and O–H groups in total. The monoisotopic (exact) mass is 411 g/mol. The molecule has 0 saturated carbocycles. The van der Waals surface area contributed by atoms with Gasteiger partial charge in [0, 0.05) is 13.1 Å². The topological polar surface area (TPSA) is 93.4 Å². The molecule has 1 aromatic heterocycles. The number of amides is 1. The van der Waals surface area contributed by atoms with Crippen LogP contribution in [0.1, 0.15) is 28.2 Å². The molecule has 1 aromatic carbocycles. The van der Waals surface area contributed by atoms with Crippen LogP contribution in [0.3, 0.4) is 0 Å². The first-order valence-corrected chi connectivity index (χ1v) is 9.67. The van der Waals surface area contributed by atoms with Crippen molar-refractivity contribution in [1.29, 1.82) is 0 Å². The number of primary amides is 1. The Morgan fingerprint density at radius 3 is 2.46 bits per heavy atom. The number of hydrogen-bond donors (Lipinski definition) is 1. The van der Waals surface area contributed by atoms with E-state index in [-0.39, 0.29) is 18.8 Å². The Bertz CT molecular complexity index is 1050. The van der Waals surface area contributed by atoms with Crippen molar-refractivity contribution in [3.63, 3.8) is 0 Å². The van der Waals surface area contributed by atoms with Gasteiger partial charge in [-0.2, -0.15) is 17.5 Å². The summed E-state index contributed by atoms with van der Waals surface area (Å²) in [5.74, 6) is -0.674. The molecule has 10 heteroatoms. The third-order valence-electron chi connectivity index (χ3n) is 4.30. The molecule has 0 bridgehead atoms. The number of carbonyl (C=O) groups excluding carboxylic acids is 1. The highest BCUT2D eigenvalue weighted by Crippen LogP contribution is 2.32. The first kappa shape index (κ1) is 20.0. The molecule has 1 amide bonds. The summed E-state index contributed by atoms with van der Waals surface area (Å²) in [6.45, 7) is 0.0588. The summed E-state index contributed by atoms with van der Waals surface area (Å²) >= 11 is 0. The smallest absolute Gasteiger partial charge is 0.364 e. The van der Waals surface area contributed by atoms with Crippen molar-refractivity contribution in [2.24, 2.45) is 5.73 Å². The Morgan fingerprint density at radius 1 is 1.14 bits per heavy atom. The Labute approximate surface area is 159 Å². The molecule has 3 rings (SSSR count). The molecule has 0 unspecified atom stereocenters. The third-order valence-corrected chi connectivity index (χ3v) is 6.16. The van der Waals surface area contributed by atoms with Gasteiger partial charge in [-0.25, -0.2) is 13.4 Å². The molecule has 0 aliphatic carbocycles. The van der Waals surface area contributed by atoms with E-state index in [1.165, 1.54) is 6.07 Å². The van der Waals surface area contributed by atoms with E-state index in [1.54, 1.807) is 18.2 Å². The molecular weight excluding hydrogens is 395 g/mol. The quantitative estimate of drug-likeness (QED) is 0.837. The highest BCUT2D eigenvalue weighted by Gasteiger charge is 2.33. The van der Waals surface area contributed by atoms with Crippen LogP contribution < -0.4 is 5.73 Å². The second-order valence-corrected chi connectivity index (χ2v) is 8.08. The van der Waals surface area contributed by atoms with E-state index in [2.05, 4.69) is 4.98 Å². The number of benzene rings is 1. The molecule has 2 heterocycles. The van der Waals surface area contributed by atoms with Gasteiger partial charge in [0.1, 0.15) is 5.69 Å². The fraction of sp³-hybridized carbons (Fsp3) is 0.222. The van der Waals surface area contributed by atoms with Gasteiger partial charge in [-0.05, 0) is 42.3 Å². The molecule has 0 fully saturated rings. The van der Waals surface area contributed by atoms with E-state index >= 15 is 0 Å². The van der Waals surface area contributed by atoms with E-state index in [1.807, 2.05) is 0 Å². The van der Waals surface area contributed by atoms with E-state index < -0.39 is 32.6 Å². The van der Waals surface area contributed by atoms with Gasteiger partial charge in [0.15, 0.2) is 0 Å². The Balaban J connectivity index is 1.84. The van der Waals surface area contributed by atoms with Gasteiger partial charge in [0.05, 0.1) is 16.2 Å². The van der Waals surface area contributed by atoms with E-state index in [4.69, 9.17) is 5.73 Å². The number of nitrogens with zero attached hydrogens (tertiary/aromatic N) is 2. The molecular formula is C18H16F3N3O3S. The molecule has 28 heavy (non-hydrogen) atoms. The fourth-order valence-electron chi connectivity index (χ4n) is 2.83. The average Bonchev–Trinajstić information content (AvgIpc) is 2.67. The SMILES string of the molecule is NC(=O)c1cccc(C2=CCN(S(=O)(=O)c3cccc(C(F)(F)F)c3)CC2)n1. The van der Waals surface area contributed by atoms with Crippen LogP contribution in [0.15, 0.2) is 53.4 Å². The summed E-state index contributed by atoms with van der Waals surface area (Å²) in [7, 11) is -4.08. The molecule has 0 spiro atoms. The minimum atomic E-state index is -4.63. The summed E-state index contributed by atoms with van der Waals surface area (Å²) in [6, 6.07) is 8.43. The van der Waals surface area contributed by atoms with E-state index in [0.29, 0.717) is 18.2 Å². The first-order valence-electron chi connectivity index (χ1n) is 8.23. The highest BCUT2D eigenvalue weighted by molar-refractivity contribution is 7.89. The van der Waals surface area contributed by atoms with Gasteiger partial charge in [0.2, 0.25) is 10.0 Å². The van der Waals surface area contributed by atoms with Gasteiger partial charge >= 0.3 is 6.18 Å². The zero-order valence-corrected chi connectivity index (χ0v) is 15.3. The Kier molecular flexibility index (Phi) is 5.26. The minimum Gasteiger partial charge on any atom is -0.364 e. The zero-order chi connectivity index (χ0) is 20.5.